The fourth-order valence-corrected chi connectivity index (χ4v) is 6.00. The molecule has 6 rings (SSSR count). The number of hydrogen-bond acceptors (Lipinski definition) is 5. The zero-order valence-electron chi connectivity index (χ0n) is 26.0. The number of nitrogens with one attached hydrogen (secondary N) is 2. The van der Waals surface area contributed by atoms with Crippen molar-refractivity contribution in [3.8, 4) is 5.69 Å². The van der Waals surface area contributed by atoms with Crippen LogP contribution in [0.25, 0.3) is 22.0 Å². The molecule has 1 unspecified atom stereocenters. The lowest BCUT2D eigenvalue weighted by atomic mass is 9.83. The average molecular weight is 592 g/mol. The van der Waals surface area contributed by atoms with Gasteiger partial charge in [0.05, 0.1) is 30.3 Å². The number of urea groups is 1. The molecule has 2 heterocycles. The Hall–Kier alpha value is -4.27. The van der Waals surface area contributed by atoms with E-state index in [4.69, 9.17) is 9.84 Å². The van der Waals surface area contributed by atoms with E-state index in [1.54, 1.807) is 4.68 Å². The zero-order chi connectivity index (χ0) is 30.8. The van der Waals surface area contributed by atoms with Crippen LogP contribution in [0.1, 0.15) is 50.4 Å². The number of hydrogen-bond donors (Lipinski definition) is 2. The van der Waals surface area contributed by atoms with Crippen LogP contribution < -0.4 is 10.6 Å². The maximum absolute atomic E-state index is 13.4. The summed E-state index contributed by atoms with van der Waals surface area (Å²) in [7, 11) is 0. The van der Waals surface area contributed by atoms with E-state index >= 15 is 0 Å². The molecule has 8 heteroatoms. The monoisotopic (exact) mass is 591 g/mol. The number of morpholine rings is 1. The third-order valence-corrected chi connectivity index (χ3v) is 8.58. The van der Waals surface area contributed by atoms with Crippen molar-refractivity contribution in [3.05, 3.63) is 89.6 Å². The maximum Gasteiger partial charge on any atom is 0.324 e. The second-order valence-corrected chi connectivity index (χ2v) is 12.9. The molecular weight excluding hydrogens is 550 g/mol. The lowest BCUT2D eigenvalue weighted by molar-refractivity contribution is -0.119. The summed E-state index contributed by atoms with van der Waals surface area (Å²) in [4.78, 5) is 28.9. The van der Waals surface area contributed by atoms with Gasteiger partial charge in [0.2, 0.25) is 0 Å². The number of amides is 2. The van der Waals surface area contributed by atoms with Crippen molar-refractivity contribution in [2.45, 2.75) is 46.0 Å². The number of allylic oxidation sites excluding steroid dienone is 2. The van der Waals surface area contributed by atoms with E-state index in [2.05, 4.69) is 42.4 Å². The number of anilines is 2. The van der Waals surface area contributed by atoms with Crippen LogP contribution in [0.5, 0.6) is 0 Å². The molecule has 44 heavy (non-hydrogen) atoms. The van der Waals surface area contributed by atoms with Crippen molar-refractivity contribution >= 4 is 39.7 Å². The first kappa shape index (κ1) is 29.8. The number of benzene rings is 3. The van der Waals surface area contributed by atoms with Crippen molar-refractivity contribution < 1.29 is 14.3 Å². The Morgan fingerprint density at radius 3 is 2.41 bits per heavy atom. The largest absolute Gasteiger partial charge is 0.379 e. The summed E-state index contributed by atoms with van der Waals surface area (Å²) in [6.45, 7) is 12.4. The van der Waals surface area contributed by atoms with Crippen LogP contribution in [-0.2, 0) is 14.9 Å². The zero-order valence-corrected chi connectivity index (χ0v) is 26.0. The summed E-state index contributed by atoms with van der Waals surface area (Å²) >= 11 is 0. The summed E-state index contributed by atoms with van der Waals surface area (Å²) in [6, 6.07) is 21.6. The van der Waals surface area contributed by atoms with Gasteiger partial charge in [-0.25, -0.2) is 9.48 Å². The summed E-state index contributed by atoms with van der Waals surface area (Å²) in [6.07, 6.45) is 3.52. The predicted molar refractivity (Wildman–Crippen MR) is 177 cm³/mol. The Kier molecular flexibility index (Phi) is 8.38. The molecule has 0 bridgehead atoms. The molecule has 0 radical (unpaired) electrons. The van der Waals surface area contributed by atoms with Gasteiger partial charge in [-0.15, -0.1) is 0 Å². The molecule has 4 aromatic rings. The Labute approximate surface area is 259 Å². The Balaban J connectivity index is 1.23. The fourth-order valence-electron chi connectivity index (χ4n) is 6.00. The summed E-state index contributed by atoms with van der Waals surface area (Å²) in [5, 5.41) is 12.9. The van der Waals surface area contributed by atoms with E-state index < -0.39 is 0 Å². The van der Waals surface area contributed by atoms with Gasteiger partial charge in [0, 0.05) is 42.4 Å². The van der Waals surface area contributed by atoms with Crippen molar-refractivity contribution in [2.75, 3.05) is 43.5 Å². The van der Waals surface area contributed by atoms with Crippen LogP contribution in [0.4, 0.5) is 16.3 Å². The predicted octanol–water partition coefficient (Wildman–Crippen LogP) is 6.97. The van der Waals surface area contributed by atoms with Gasteiger partial charge in [0.25, 0.3) is 0 Å². The number of nitrogens with zero attached hydrogens (tertiary/aromatic N) is 3. The maximum atomic E-state index is 13.4. The normalized spacial score (nSPS) is 17.9. The minimum atomic E-state index is -0.352. The molecule has 0 saturated carbocycles. The van der Waals surface area contributed by atoms with E-state index in [0.29, 0.717) is 11.5 Å². The smallest absolute Gasteiger partial charge is 0.324 e. The molecule has 2 aliphatic rings. The van der Waals surface area contributed by atoms with Crippen LogP contribution in [-0.4, -0.2) is 59.3 Å². The van der Waals surface area contributed by atoms with Gasteiger partial charge in [-0.2, -0.15) is 5.10 Å². The summed E-state index contributed by atoms with van der Waals surface area (Å²) in [5.41, 5.74) is 5.51. The molecule has 1 fully saturated rings. The molecule has 3 aromatic carbocycles. The molecule has 228 valence electrons. The van der Waals surface area contributed by atoms with Gasteiger partial charge in [0.1, 0.15) is 5.82 Å². The van der Waals surface area contributed by atoms with Gasteiger partial charge in [-0.05, 0) is 60.6 Å². The Morgan fingerprint density at radius 1 is 0.977 bits per heavy atom. The van der Waals surface area contributed by atoms with Crippen LogP contribution >= 0.6 is 0 Å². The van der Waals surface area contributed by atoms with Gasteiger partial charge in [-0.3, -0.25) is 15.0 Å². The first-order valence-corrected chi connectivity index (χ1v) is 15.5. The second-order valence-electron chi connectivity index (χ2n) is 12.9. The first-order chi connectivity index (χ1) is 21.2. The number of carbonyl (C=O) groups is 2. The number of carbonyl (C=O) groups excluding carboxylic acids is 2. The third-order valence-electron chi connectivity index (χ3n) is 8.58. The van der Waals surface area contributed by atoms with Gasteiger partial charge in [0.15, 0.2) is 5.78 Å². The molecule has 8 nitrogen and oxygen atoms in total. The SMILES string of the molecule is Cc1ccc(-n2nc(C(C)(C)C)cc2NC(=O)Nc2ccc(C3=CC(=O)C(CN4CCOCC4)CC3)c3ccccc23)cc1. The number of fused-ring (bicyclic) bond motifs is 1. The molecule has 1 aliphatic carbocycles. The van der Waals surface area contributed by atoms with Crippen LogP contribution in [0.3, 0.4) is 0 Å². The number of aryl methyl sites for hydroxylation is 1. The topological polar surface area (TPSA) is 88.5 Å². The van der Waals surface area contributed by atoms with Crippen molar-refractivity contribution in [2.24, 2.45) is 5.92 Å². The lowest BCUT2D eigenvalue weighted by Gasteiger charge is -2.31. The molecule has 1 saturated heterocycles. The number of ether oxygens (including phenoxy) is 1. The Bertz CT molecular complexity index is 1710. The summed E-state index contributed by atoms with van der Waals surface area (Å²) in [5.74, 6) is 0.817. The minimum Gasteiger partial charge on any atom is -0.379 e. The van der Waals surface area contributed by atoms with Gasteiger partial charge < -0.3 is 10.1 Å². The molecular formula is C36H41N5O3. The molecule has 0 spiro atoms. The Morgan fingerprint density at radius 2 is 1.70 bits per heavy atom. The fraction of sp³-hybridized carbons (Fsp3) is 0.361. The molecule has 1 aromatic heterocycles. The third kappa shape index (κ3) is 6.47. The highest BCUT2D eigenvalue weighted by Crippen LogP contribution is 2.36. The van der Waals surface area contributed by atoms with Crippen LogP contribution in [0.2, 0.25) is 0 Å². The van der Waals surface area contributed by atoms with Gasteiger partial charge in [-0.1, -0.05) is 68.8 Å². The van der Waals surface area contributed by atoms with Gasteiger partial charge >= 0.3 is 6.03 Å². The van der Waals surface area contributed by atoms with Crippen LogP contribution in [0, 0.1) is 12.8 Å². The van der Waals surface area contributed by atoms with Crippen molar-refractivity contribution in [3.63, 3.8) is 0 Å². The highest BCUT2D eigenvalue weighted by Gasteiger charge is 2.27. The number of aromatic nitrogens is 2. The molecule has 1 aliphatic heterocycles. The summed E-state index contributed by atoms with van der Waals surface area (Å²) < 4.78 is 7.24. The van der Waals surface area contributed by atoms with Crippen molar-refractivity contribution in [1.82, 2.24) is 14.7 Å². The molecule has 1 atom stereocenters. The average Bonchev–Trinajstić information content (AvgIpc) is 3.43. The molecule has 2 amide bonds. The minimum absolute atomic E-state index is 0.0277. The highest BCUT2D eigenvalue weighted by atomic mass is 16.5. The van der Waals surface area contributed by atoms with E-state index in [0.717, 1.165) is 84.5 Å². The van der Waals surface area contributed by atoms with E-state index in [1.807, 2.05) is 73.7 Å². The van der Waals surface area contributed by atoms with E-state index in [1.165, 1.54) is 0 Å². The number of rotatable bonds is 6. The second kappa shape index (κ2) is 12.4. The van der Waals surface area contributed by atoms with Crippen molar-refractivity contribution in [1.29, 1.82) is 0 Å². The highest BCUT2D eigenvalue weighted by molar-refractivity contribution is 6.10. The standard InChI is InChI=1S/C36H41N5O3/c1-24-9-13-27(14-10-24)41-34(22-33(39-41)36(2,3)4)38-35(43)37-31-16-15-28(29-7-5-6-8-30(29)31)25-11-12-26(32(42)21-25)23-40-17-19-44-20-18-40/h5-10,13-16,21-22,26H,11-12,17-20,23H2,1-4H3,(H2,37,38,43). The quantitative estimate of drug-likeness (QED) is 0.253. The molecule has 2 N–H and O–H groups in total. The lowest BCUT2D eigenvalue weighted by Crippen LogP contribution is -2.41. The van der Waals surface area contributed by atoms with E-state index in [-0.39, 0.29) is 23.1 Å². The number of ketones is 1. The van der Waals surface area contributed by atoms with E-state index in [9.17, 15) is 9.59 Å². The van der Waals surface area contributed by atoms with Crippen LogP contribution in [0.15, 0.2) is 72.8 Å². The first-order valence-electron chi connectivity index (χ1n) is 15.5.